The van der Waals surface area contributed by atoms with E-state index in [1.807, 2.05) is 0 Å². The van der Waals surface area contributed by atoms with Gasteiger partial charge in [-0.2, -0.15) is 5.10 Å². The smallest absolute Gasteiger partial charge is 0.272 e. The lowest BCUT2D eigenvalue weighted by Crippen LogP contribution is -2.02. The highest BCUT2D eigenvalue weighted by Crippen LogP contribution is 2.20. The van der Waals surface area contributed by atoms with Gasteiger partial charge in [-0.05, 0) is 26.0 Å². The molecule has 0 aliphatic heterocycles. The predicted octanol–water partition coefficient (Wildman–Crippen LogP) is 3.65. The van der Waals surface area contributed by atoms with Crippen LogP contribution in [0.3, 0.4) is 0 Å². The fraction of sp³-hybridized carbons (Fsp3) is 0.133. The highest BCUT2D eigenvalue weighted by atomic mass is 16.6. The lowest BCUT2D eigenvalue weighted by molar-refractivity contribution is -0.385. The highest BCUT2D eigenvalue weighted by molar-refractivity contribution is 5.99. The van der Waals surface area contributed by atoms with Gasteiger partial charge in [-0.15, -0.1) is 0 Å². The quantitative estimate of drug-likeness (QED) is 0.514. The van der Waals surface area contributed by atoms with Crippen LogP contribution in [0.5, 0.6) is 0 Å². The van der Waals surface area contributed by atoms with Crippen molar-refractivity contribution in [3.63, 3.8) is 0 Å². The van der Waals surface area contributed by atoms with Crippen LogP contribution in [0.2, 0.25) is 0 Å². The van der Waals surface area contributed by atoms with E-state index in [2.05, 4.69) is 10.5 Å². The van der Waals surface area contributed by atoms with Crippen molar-refractivity contribution >= 4 is 22.8 Å². The molecule has 118 valence electrons. The van der Waals surface area contributed by atoms with Crippen molar-refractivity contribution in [2.45, 2.75) is 13.8 Å². The van der Waals surface area contributed by atoms with Gasteiger partial charge in [-0.25, -0.2) is 0 Å². The minimum absolute atomic E-state index is 0.00888. The largest absolute Gasteiger partial charge is 0.278 e. The molecule has 0 saturated heterocycles. The molecule has 8 nitrogen and oxygen atoms in total. The van der Waals surface area contributed by atoms with E-state index in [1.54, 1.807) is 26.0 Å². The number of benzene rings is 2. The number of nitro benzene ring substituents is 2. The topological polar surface area (TPSA) is 111 Å². The molecule has 0 spiro atoms. The molecule has 0 radical (unpaired) electrons. The summed E-state index contributed by atoms with van der Waals surface area (Å²) in [5, 5.41) is 25.7. The first-order chi connectivity index (χ1) is 10.9. The number of aryl methyl sites for hydroxylation is 1. The van der Waals surface area contributed by atoms with E-state index in [0.29, 0.717) is 22.5 Å². The summed E-state index contributed by atoms with van der Waals surface area (Å²) in [6.07, 6.45) is 0. The Balaban J connectivity index is 2.18. The number of anilines is 1. The maximum absolute atomic E-state index is 11.0. The van der Waals surface area contributed by atoms with Crippen LogP contribution in [0, 0.1) is 27.2 Å². The summed E-state index contributed by atoms with van der Waals surface area (Å²) in [7, 11) is 0. The maximum atomic E-state index is 11.0. The van der Waals surface area contributed by atoms with E-state index in [9.17, 15) is 20.2 Å². The Morgan fingerprint density at radius 2 is 1.70 bits per heavy atom. The molecule has 0 aliphatic carbocycles. The van der Waals surface area contributed by atoms with E-state index < -0.39 is 9.85 Å². The molecule has 2 rings (SSSR count). The van der Waals surface area contributed by atoms with Gasteiger partial charge in [0.25, 0.3) is 11.4 Å². The van der Waals surface area contributed by atoms with Gasteiger partial charge in [0, 0.05) is 29.3 Å². The molecular formula is C15H14N4O4. The van der Waals surface area contributed by atoms with Crippen molar-refractivity contribution in [3.05, 3.63) is 73.8 Å². The SMILES string of the molecule is C/C(=N\Nc1ccc([N+](=O)[O-])cc1)c1ccc(C)c([N+](=O)[O-])c1. The molecule has 23 heavy (non-hydrogen) atoms. The van der Waals surface area contributed by atoms with Gasteiger partial charge in [-0.1, -0.05) is 12.1 Å². The van der Waals surface area contributed by atoms with Crippen LogP contribution in [0.15, 0.2) is 47.6 Å². The van der Waals surface area contributed by atoms with Gasteiger partial charge < -0.3 is 0 Å². The van der Waals surface area contributed by atoms with Crippen LogP contribution < -0.4 is 5.43 Å². The second-order valence-corrected chi connectivity index (χ2v) is 4.87. The molecule has 0 saturated carbocycles. The van der Waals surface area contributed by atoms with E-state index in [4.69, 9.17) is 0 Å². The number of non-ortho nitro benzene ring substituents is 1. The summed E-state index contributed by atoms with van der Waals surface area (Å²) >= 11 is 0. The van der Waals surface area contributed by atoms with Gasteiger partial charge >= 0.3 is 0 Å². The zero-order valence-electron chi connectivity index (χ0n) is 12.5. The van der Waals surface area contributed by atoms with Crippen molar-refractivity contribution in [1.29, 1.82) is 0 Å². The number of rotatable bonds is 5. The Kier molecular flexibility index (Phi) is 4.65. The van der Waals surface area contributed by atoms with Crippen LogP contribution in [-0.2, 0) is 0 Å². The molecule has 0 unspecified atom stereocenters. The Bertz CT molecular complexity index is 785. The lowest BCUT2D eigenvalue weighted by atomic mass is 10.1. The number of nitrogens with zero attached hydrogens (tertiary/aromatic N) is 3. The van der Waals surface area contributed by atoms with E-state index in [1.165, 1.54) is 30.3 Å². The van der Waals surface area contributed by atoms with Gasteiger partial charge in [0.1, 0.15) is 0 Å². The Morgan fingerprint density at radius 3 is 2.26 bits per heavy atom. The Morgan fingerprint density at radius 1 is 1.04 bits per heavy atom. The Labute approximate surface area is 131 Å². The van der Waals surface area contributed by atoms with Crippen molar-refractivity contribution in [1.82, 2.24) is 0 Å². The molecule has 0 bridgehead atoms. The zero-order chi connectivity index (χ0) is 17.0. The molecule has 2 aromatic carbocycles. The van der Waals surface area contributed by atoms with Crippen molar-refractivity contribution in [3.8, 4) is 0 Å². The van der Waals surface area contributed by atoms with Crippen molar-refractivity contribution in [2.24, 2.45) is 5.10 Å². The normalized spacial score (nSPS) is 11.1. The summed E-state index contributed by atoms with van der Waals surface area (Å²) in [4.78, 5) is 20.6. The first-order valence-electron chi connectivity index (χ1n) is 6.68. The van der Waals surface area contributed by atoms with Crippen LogP contribution in [0.1, 0.15) is 18.1 Å². The van der Waals surface area contributed by atoms with Gasteiger partial charge in [-0.3, -0.25) is 25.7 Å². The van der Waals surface area contributed by atoms with E-state index in [-0.39, 0.29) is 11.4 Å². The van der Waals surface area contributed by atoms with Gasteiger partial charge in [0.05, 0.1) is 21.2 Å². The number of nitrogens with one attached hydrogen (secondary N) is 1. The second kappa shape index (κ2) is 6.65. The lowest BCUT2D eigenvalue weighted by Gasteiger charge is -2.05. The van der Waals surface area contributed by atoms with Crippen molar-refractivity contribution < 1.29 is 9.85 Å². The summed E-state index contributed by atoms with van der Waals surface area (Å²) in [6, 6.07) is 10.7. The third kappa shape index (κ3) is 3.88. The number of nitro groups is 2. The van der Waals surface area contributed by atoms with Gasteiger partial charge in [0.2, 0.25) is 0 Å². The zero-order valence-corrected chi connectivity index (χ0v) is 12.5. The molecule has 0 atom stereocenters. The minimum Gasteiger partial charge on any atom is -0.278 e. The average molecular weight is 314 g/mol. The summed E-state index contributed by atoms with van der Waals surface area (Å²) in [5.74, 6) is 0. The molecule has 0 aliphatic rings. The first kappa shape index (κ1) is 16.1. The predicted molar refractivity (Wildman–Crippen MR) is 86.8 cm³/mol. The molecule has 8 heteroatoms. The third-order valence-electron chi connectivity index (χ3n) is 3.25. The second-order valence-electron chi connectivity index (χ2n) is 4.87. The molecule has 0 amide bonds. The average Bonchev–Trinajstić information content (AvgIpc) is 2.53. The molecule has 0 heterocycles. The maximum Gasteiger partial charge on any atom is 0.272 e. The molecule has 2 aromatic rings. The molecule has 0 fully saturated rings. The fourth-order valence-corrected chi connectivity index (χ4v) is 1.90. The standard InChI is InChI=1S/C15H14N4O4/c1-10-3-4-12(9-15(10)19(22)23)11(2)16-17-13-5-7-14(8-6-13)18(20)21/h3-9,17H,1-2H3/b16-11+. The first-order valence-corrected chi connectivity index (χ1v) is 6.68. The number of hydrogen-bond donors (Lipinski definition) is 1. The van der Waals surface area contributed by atoms with E-state index >= 15 is 0 Å². The highest BCUT2D eigenvalue weighted by Gasteiger charge is 2.12. The fourth-order valence-electron chi connectivity index (χ4n) is 1.90. The summed E-state index contributed by atoms with van der Waals surface area (Å²) < 4.78 is 0. The molecular weight excluding hydrogens is 300 g/mol. The van der Waals surface area contributed by atoms with Crippen LogP contribution in [0.4, 0.5) is 17.1 Å². The number of hydrazone groups is 1. The van der Waals surface area contributed by atoms with Crippen molar-refractivity contribution in [2.75, 3.05) is 5.43 Å². The summed E-state index contributed by atoms with van der Waals surface area (Å²) in [6.45, 7) is 3.39. The van der Waals surface area contributed by atoms with Gasteiger partial charge in [0.15, 0.2) is 0 Å². The van der Waals surface area contributed by atoms with Crippen LogP contribution in [0.25, 0.3) is 0 Å². The minimum atomic E-state index is -0.482. The third-order valence-corrected chi connectivity index (χ3v) is 3.25. The van der Waals surface area contributed by atoms with Crippen LogP contribution in [-0.4, -0.2) is 15.6 Å². The monoisotopic (exact) mass is 314 g/mol. The Hall–Kier alpha value is -3.29. The molecule has 1 N–H and O–H groups in total. The van der Waals surface area contributed by atoms with Crippen LogP contribution >= 0.6 is 0 Å². The van der Waals surface area contributed by atoms with E-state index in [0.717, 1.165) is 0 Å². The number of hydrogen-bond acceptors (Lipinski definition) is 6. The summed E-state index contributed by atoms with van der Waals surface area (Å²) in [5.41, 5.74) is 5.14. The molecule has 0 aromatic heterocycles.